The Morgan fingerprint density at radius 2 is 2.24 bits per heavy atom. The standard InChI is InChI=1S/C15H13N3O3/c19-13(20)9-4-8-5-15(6-11(8)17-7-9)10-2-1-3-16-12(10)18-14(15)21/h1-2,4,7,16H,3,5-6H2,(H,18,21)(H,19,20)/t15-/m0/s1. The van der Waals surface area contributed by atoms with Crippen LogP contribution in [0.15, 0.2) is 35.8 Å². The van der Waals surface area contributed by atoms with Gasteiger partial charge < -0.3 is 15.7 Å². The fraction of sp³-hybridized carbons (Fsp3) is 0.267. The second-order valence-corrected chi connectivity index (χ2v) is 5.60. The number of carboxylic acids is 1. The number of dihydropyridines is 1. The maximum Gasteiger partial charge on any atom is 0.337 e. The lowest BCUT2D eigenvalue weighted by atomic mass is 9.78. The van der Waals surface area contributed by atoms with Crippen molar-refractivity contribution in [3.8, 4) is 0 Å². The molecule has 1 aliphatic carbocycles. The van der Waals surface area contributed by atoms with E-state index in [0.717, 1.165) is 22.7 Å². The lowest BCUT2D eigenvalue weighted by Gasteiger charge is -2.22. The van der Waals surface area contributed by atoms with E-state index in [1.807, 2.05) is 12.2 Å². The van der Waals surface area contributed by atoms with Gasteiger partial charge in [0.25, 0.3) is 0 Å². The predicted molar refractivity (Wildman–Crippen MR) is 73.3 cm³/mol. The molecule has 0 fully saturated rings. The Hall–Kier alpha value is -2.63. The predicted octanol–water partition coefficient (Wildman–Crippen LogP) is 0.366. The van der Waals surface area contributed by atoms with Crippen LogP contribution in [0, 0.1) is 5.41 Å². The monoisotopic (exact) mass is 283 g/mol. The zero-order chi connectivity index (χ0) is 14.6. The summed E-state index contributed by atoms with van der Waals surface area (Å²) < 4.78 is 0. The number of carboxylic acid groups (broad SMARTS) is 1. The van der Waals surface area contributed by atoms with E-state index in [1.165, 1.54) is 6.20 Å². The van der Waals surface area contributed by atoms with E-state index in [2.05, 4.69) is 15.6 Å². The number of pyridine rings is 1. The van der Waals surface area contributed by atoms with Gasteiger partial charge in [0.1, 0.15) is 5.82 Å². The van der Waals surface area contributed by atoms with Gasteiger partial charge in [0.15, 0.2) is 0 Å². The highest BCUT2D eigenvalue weighted by Crippen LogP contribution is 2.46. The van der Waals surface area contributed by atoms with E-state index in [-0.39, 0.29) is 11.5 Å². The lowest BCUT2D eigenvalue weighted by Crippen LogP contribution is -2.35. The zero-order valence-electron chi connectivity index (χ0n) is 11.1. The van der Waals surface area contributed by atoms with Crippen molar-refractivity contribution >= 4 is 11.9 Å². The van der Waals surface area contributed by atoms with Crippen LogP contribution in [-0.4, -0.2) is 28.5 Å². The second kappa shape index (κ2) is 3.94. The molecule has 3 N–H and O–H groups in total. The molecule has 0 radical (unpaired) electrons. The number of aromatic nitrogens is 1. The van der Waals surface area contributed by atoms with Gasteiger partial charge in [-0.1, -0.05) is 12.2 Å². The molecule has 4 rings (SSSR count). The number of aromatic carboxylic acids is 1. The van der Waals surface area contributed by atoms with Gasteiger partial charge in [0.05, 0.1) is 11.0 Å². The number of nitrogens with one attached hydrogen (secondary N) is 2. The first-order chi connectivity index (χ1) is 10.1. The maximum absolute atomic E-state index is 12.5. The molecule has 1 aromatic heterocycles. The fourth-order valence-corrected chi connectivity index (χ4v) is 3.37. The Balaban J connectivity index is 1.79. The number of allylic oxidation sites excluding steroid dienone is 1. The third-order valence-corrected chi connectivity index (χ3v) is 4.41. The molecular weight excluding hydrogens is 270 g/mol. The number of hydrogen-bond donors (Lipinski definition) is 3. The molecule has 106 valence electrons. The fourth-order valence-electron chi connectivity index (χ4n) is 3.37. The quantitative estimate of drug-likeness (QED) is 0.692. The second-order valence-electron chi connectivity index (χ2n) is 5.60. The van der Waals surface area contributed by atoms with E-state index in [0.29, 0.717) is 19.4 Å². The van der Waals surface area contributed by atoms with E-state index in [1.54, 1.807) is 6.07 Å². The summed E-state index contributed by atoms with van der Waals surface area (Å²) in [5.74, 6) is -0.267. The summed E-state index contributed by atoms with van der Waals surface area (Å²) in [7, 11) is 0. The van der Waals surface area contributed by atoms with Crippen LogP contribution in [0.1, 0.15) is 21.6 Å². The molecule has 0 aromatic carbocycles. The summed E-state index contributed by atoms with van der Waals surface area (Å²) in [5, 5.41) is 15.1. The van der Waals surface area contributed by atoms with Crippen molar-refractivity contribution in [2.45, 2.75) is 12.8 Å². The van der Waals surface area contributed by atoms with Gasteiger partial charge in [-0.2, -0.15) is 0 Å². The Kier molecular flexibility index (Phi) is 2.28. The van der Waals surface area contributed by atoms with Gasteiger partial charge >= 0.3 is 5.97 Å². The summed E-state index contributed by atoms with van der Waals surface area (Å²) in [6, 6.07) is 1.63. The zero-order valence-corrected chi connectivity index (χ0v) is 11.1. The highest BCUT2D eigenvalue weighted by Gasteiger charge is 2.52. The minimum atomic E-state index is -0.999. The smallest absolute Gasteiger partial charge is 0.337 e. The number of hydrogen-bond acceptors (Lipinski definition) is 4. The molecule has 1 aromatic rings. The van der Waals surface area contributed by atoms with Crippen molar-refractivity contribution in [3.05, 3.63) is 52.6 Å². The summed E-state index contributed by atoms with van der Waals surface area (Å²) >= 11 is 0. The minimum absolute atomic E-state index is 0.0403. The minimum Gasteiger partial charge on any atom is -0.478 e. The van der Waals surface area contributed by atoms with Gasteiger partial charge in [0.2, 0.25) is 5.91 Å². The Morgan fingerprint density at radius 3 is 3.05 bits per heavy atom. The molecule has 0 bridgehead atoms. The third-order valence-electron chi connectivity index (χ3n) is 4.41. The molecule has 3 heterocycles. The molecule has 6 nitrogen and oxygen atoms in total. The summed E-state index contributed by atoms with van der Waals surface area (Å²) in [5.41, 5.74) is 2.12. The van der Waals surface area contributed by atoms with Crippen LogP contribution in [0.5, 0.6) is 0 Å². The molecule has 0 saturated heterocycles. The molecule has 0 unspecified atom stereocenters. The Morgan fingerprint density at radius 1 is 1.38 bits per heavy atom. The van der Waals surface area contributed by atoms with Crippen LogP contribution >= 0.6 is 0 Å². The Labute approximate surface area is 120 Å². The molecule has 21 heavy (non-hydrogen) atoms. The van der Waals surface area contributed by atoms with Crippen molar-refractivity contribution in [1.82, 2.24) is 15.6 Å². The lowest BCUT2D eigenvalue weighted by molar-refractivity contribution is -0.126. The molecule has 6 heteroatoms. The first-order valence-corrected chi connectivity index (χ1v) is 6.78. The van der Waals surface area contributed by atoms with Crippen molar-refractivity contribution in [3.63, 3.8) is 0 Å². The van der Waals surface area contributed by atoms with Gasteiger partial charge in [-0.05, 0) is 18.1 Å². The first kappa shape index (κ1) is 12.1. The molecule has 2 aliphatic heterocycles. The molecule has 0 saturated carbocycles. The third kappa shape index (κ3) is 1.55. The topological polar surface area (TPSA) is 91.3 Å². The molecule has 1 atom stereocenters. The largest absolute Gasteiger partial charge is 0.478 e. The number of fused-ring (bicyclic) bond motifs is 2. The van der Waals surface area contributed by atoms with Crippen molar-refractivity contribution < 1.29 is 14.7 Å². The van der Waals surface area contributed by atoms with Crippen molar-refractivity contribution in [2.24, 2.45) is 5.41 Å². The average molecular weight is 283 g/mol. The Bertz CT molecular complexity index is 751. The van der Waals surface area contributed by atoms with Crippen LogP contribution in [-0.2, 0) is 17.6 Å². The highest BCUT2D eigenvalue weighted by atomic mass is 16.4. The highest BCUT2D eigenvalue weighted by molar-refractivity contribution is 5.94. The van der Waals surface area contributed by atoms with Crippen LogP contribution in [0.25, 0.3) is 0 Å². The SMILES string of the molecule is O=C(O)c1cnc2c(c1)C[C@@]1(C2)C(=O)NC2=C1C=CCN2. The van der Waals surface area contributed by atoms with E-state index in [9.17, 15) is 9.59 Å². The molecular formula is C15H13N3O3. The van der Waals surface area contributed by atoms with Gasteiger partial charge in [-0.25, -0.2) is 4.79 Å². The number of carbonyl (C=O) groups is 2. The molecule has 1 amide bonds. The average Bonchev–Trinajstić information content (AvgIpc) is 2.98. The van der Waals surface area contributed by atoms with Crippen LogP contribution in [0.4, 0.5) is 0 Å². The molecule has 1 spiro atoms. The van der Waals surface area contributed by atoms with Crippen molar-refractivity contribution in [1.29, 1.82) is 0 Å². The summed E-state index contributed by atoms with van der Waals surface area (Å²) in [6.45, 7) is 0.698. The van der Waals surface area contributed by atoms with E-state index >= 15 is 0 Å². The van der Waals surface area contributed by atoms with E-state index in [4.69, 9.17) is 5.11 Å². The maximum atomic E-state index is 12.5. The molecule has 3 aliphatic rings. The van der Waals surface area contributed by atoms with Gasteiger partial charge in [-0.3, -0.25) is 9.78 Å². The van der Waals surface area contributed by atoms with E-state index < -0.39 is 11.4 Å². The normalized spacial score (nSPS) is 25.6. The summed E-state index contributed by atoms with van der Waals surface area (Å²) in [4.78, 5) is 27.8. The van der Waals surface area contributed by atoms with Crippen LogP contribution in [0.2, 0.25) is 0 Å². The number of nitrogens with zero attached hydrogens (tertiary/aromatic N) is 1. The van der Waals surface area contributed by atoms with Gasteiger partial charge in [0, 0.05) is 30.4 Å². The number of amides is 1. The number of carbonyl (C=O) groups excluding carboxylic acids is 1. The number of rotatable bonds is 1. The van der Waals surface area contributed by atoms with Crippen molar-refractivity contribution in [2.75, 3.05) is 6.54 Å². The van der Waals surface area contributed by atoms with Crippen LogP contribution in [0.3, 0.4) is 0 Å². The van der Waals surface area contributed by atoms with Crippen LogP contribution < -0.4 is 10.6 Å². The van der Waals surface area contributed by atoms with Gasteiger partial charge in [-0.15, -0.1) is 0 Å². The summed E-state index contributed by atoms with van der Waals surface area (Å²) in [6.07, 6.45) is 6.33. The first-order valence-electron chi connectivity index (χ1n) is 6.78.